The summed E-state index contributed by atoms with van der Waals surface area (Å²) in [6.07, 6.45) is 0. The van der Waals surface area contributed by atoms with Crippen molar-refractivity contribution in [2.75, 3.05) is 25.0 Å². The lowest BCUT2D eigenvalue weighted by Gasteiger charge is -2.08. The van der Waals surface area contributed by atoms with Crippen LogP contribution in [0.4, 0.5) is 11.4 Å². The van der Waals surface area contributed by atoms with Crippen LogP contribution in [-0.4, -0.2) is 33.0 Å². The van der Waals surface area contributed by atoms with Crippen LogP contribution in [0.3, 0.4) is 0 Å². The van der Waals surface area contributed by atoms with E-state index in [0.717, 1.165) is 12.6 Å². The summed E-state index contributed by atoms with van der Waals surface area (Å²) in [6.45, 7) is 3.88. The molecule has 19 heavy (non-hydrogen) atoms. The van der Waals surface area contributed by atoms with Crippen molar-refractivity contribution < 1.29 is 13.3 Å². The molecule has 1 rings (SSSR count). The summed E-state index contributed by atoms with van der Waals surface area (Å²) in [7, 11) is -3.95. The lowest BCUT2D eigenvalue weighted by molar-refractivity contribution is -0.384. The van der Waals surface area contributed by atoms with Crippen molar-refractivity contribution in [3.8, 4) is 0 Å². The van der Waals surface area contributed by atoms with Crippen LogP contribution in [0.15, 0.2) is 23.1 Å². The van der Waals surface area contributed by atoms with E-state index >= 15 is 0 Å². The fourth-order valence-corrected chi connectivity index (χ4v) is 1.98. The van der Waals surface area contributed by atoms with Gasteiger partial charge in [-0.15, -0.1) is 0 Å². The normalized spacial score (nSPS) is 11.3. The maximum Gasteiger partial charge on any atom is 0.293 e. The molecule has 4 N–H and O–H groups in total. The summed E-state index contributed by atoms with van der Waals surface area (Å²) in [5.41, 5.74) is -0.0571. The van der Waals surface area contributed by atoms with E-state index in [-0.39, 0.29) is 16.3 Å². The number of nitrogens with one attached hydrogen (secondary N) is 2. The Morgan fingerprint density at radius 3 is 2.58 bits per heavy atom. The van der Waals surface area contributed by atoms with Crippen LogP contribution in [0, 0.1) is 10.1 Å². The highest BCUT2D eigenvalue weighted by Gasteiger charge is 2.18. The third-order valence-corrected chi connectivity index (χ3v) is 3.27. The monoisotopic (exact) mass is 288 g/mol. The standard InChI is InChI=1S/C10H16N4O4S/c1-2-12-5-6-13-9-4-3-8(19(11,17)18)7-10(9)14(15)16/h3-4,7,12-13H,2,5-6H2,1H3,(H2,11,17,18). The quantitative estimate of drug-likeness (QED) is 0.375. The second-order valence-electron chi connectivity index (χ2n) is 3.76. The molecule has 1 aromatic rings. The molecule has 0 bridgehead atoms. The fraction of sp³-hybridized carbons (Fsp3) is 0.400. The molecule has 1 aromatic carbocycles. The molecule has 0 radical (unpaired) electrons. The summed E-state index contributed by atoms with van der Waals surface area (Å²) < 4.78 is 22.3. The Morgan fingerprint density at radius 2 is 2.05 bits per heavy atom. The molecular formula is C10H16N4O4S. The zero-order valence-electron chi connectivity index (χ0n) is 10.4. The van der Waals surface area contributed by atoms with Gasteiger partial charge < -0.3 is 10.6 Å². The van der Waals surface area contributed by atoms with Gasteiger partial charge in [0.25, 0.3) is 5.69 Å². The average Bonchev–Trinajstić information content (AvgIpc) is 2.33. The molecule has 0 aliphatic carbocycles. The zero-order chi connectivity index (χ0) is 14.5. The van der Waals surface area contributed by atoms with E-state index in [0.29, 0.717) is 13.1 Å². The molecule has 106 valence electrons. The highest BCUT2D eigenvalue weighted by atomic mass is 32.2. The Balaban J connectivity index is 2.96. The summed E-state index contributed by atoms with van der Waals surface area (Å²) >= 11 is 0. The van der Waals surface area contributed by atoms with Gasteiger partial charge in [-0.25, -0.2) is 13.6 Å². The van der Waals surface area contributed by atoms with Gasteiger partial charge in [-0.3, -0.25) is 10.1 Å². The third-order valence-electron chi connectivity index (χ3n) is 2.36. The van der Waals surface area contributed by atoms with Gasteiger partial charge in [0, 0.05) is 19.2 Å². The molecule has 0 fully saturated rings. The van der Waals surface area contributed by atoms with Crippen molar-refractivity contribution in [1.29, 1.82) is 0 Å². The topological polar surface area (TPSA) is 127 Å². The molecule has 0 aliphatic rings. The van der Waals surface area contributed by atoms with Gasteiger partial charge in [0.15, 0.2) is 0 Å². The van der Waals surface area contributed by atoms with Crippen molar-refractivity contribution in [2.45, 2.75) is 11.8 Å². The Hall–Kier alpha value is -1.71. The SMILES string of the molecule is CCNCCNc1ccc(S(N)(=O)=O)cc1[N+](=O)[O-]. The first-order valence-corrected chi connectivity index (χ1v) is 7.16. The van der Waals surface area contributed by atoms with Gasteiger partial charge in [-0.1, -0.05) is 6.92 Å². The first kappa shape index (κ1) is 15.3. The molecule has 0 aromatic heterocycles. The second kappa shape index (κ2) is 6.45. The van der Waals surface area contributed by atoms with Crippen molar-refractivity contribution in [3.63, 3.8) is 0 Å². The molecule has 0 atom stereocenters. The van der Waals surface area contributed by atoms with Crippen LogP contribution in [0.1, 0.15) is 6.92 Å². The van der Waals surface area contributed by atoms with E-state index in [4.69, 9.17) is 5.14 Å². The van der Waals surface area contributed by atoms with Crippen LogP contribution in [0.25, 0.3) is 0 Å². The molecule has 8 nitrogen and oxygen atoms in total. The Kier molecular flexibility index (Phi) is 5.21. The molecule has 0 unspecified atom stereocenters. The summed E-state index contributed by atoms with van der Waals surface area (Å²) in [6, 6.07) is 3.52. The smallest absolute Gasteiger partial charge is 0.293 e. The van der Waals surface area contributed by atoms with E-state index in [1.165, 1.54) is 12.1 Å². The highest BCUT2D eigenvalue weighted by Crippen LogP contribution is 2.26. The first-order valence-electron chi connectivity index (χ1n) is 5.62. The largest absolute Gasteiger partial charge is 0.378 e. The number of nitrogens with zero attached hydrogens (tertiary/aromatic N) is 1. The van der Waals surface area contributed by atoms with Crippen molar-refractivity contribution in [1.82, 2.24) is 5.32 Å². The van der Waals surface area contributed by atoms with Gasteiger partial charge >= 0.3 is 0 Å². The number of likely N-dealkylation sites (N-methyl/N-ethyl adjacent to an activating group) is 1. The van der Waals surface area contributed by atoms with Crippen molar-refractivity contribution >= 4 is 21.4 Å². The molecular weight excluding hydrogens is 272 g/mol. The van der Waals surface area contributed by atoms with Crippen molar-refractivity contribution in [3.05, 3.63) is 28.3 Å². The maximum atomic E-state index is 11.1. The lowest BCUT2D eigenvalue weighted by Crippen LogP contribution is -2.22. The second-order valence-corrected chi connectivity index (χ2v) is 5.32. The number of nitro benzene ring substituents is 1. The number of anilines is 1. The summed E-state index contributed by atoms with van der Waals surface area (Å²) in [4.78, 5) is 9.97. The van der Waals surface area contributed by atoms with Crippen LogP contribution in [0.2, 0.25) is 0 Å². The van der Waals surface area contributed by atoms with Gasteiger partial charge in [0.1, 0.15) is 5.69 Å². The minimum atomic E-state index is -3.95. The molecule has 0 spiro atoms. The number of hydrogen-bond donors (Lipinski definition) is 3. The Bertz CT molecular complexity index is 559. The van der Waals surface area contributed by atoms with Crippen molar-refractivity contribution in [2.24, 2.45) is 5.14 Å². The molecule has 0 saturated carbocycles. The third kappa shape index (κ3) is 4.47. The predicted molar refractivity (Wildman–Crippen MR) is 71.5 cm³/mol. The molecule has 9 heteroatoms. The Morgan fingerprint density at radius 1 is 1.37 bits per heavy atom. The van der Waals surface area contributed by atoms with Gasteiger partial charge in [0.05, 0.1) is 9.82 Å². The number of nitrogens with two attached hydrogens (primary N) is 1. The zero-order valence-corrected chi connectivity index (χ0v) is 11.2. The van der Waals surface area contributed by atoms with Crippen LogP contribution >= 0.6 is 0 Å². The summed E-state index contributed by atoms with van der Waals surface area (Å²) in [5.74, 6) is 0. The number of primary sulfonamides is 1. The van der Waals surface area contributed by atoms with Crippen LogP contribution in [-0.2, 0) is 10.0 Å². The summed E-state index contributed by atoms with van der Waals surface area (Å²) in [5, 5.41) is 21.8. The first-order chi connectivity index (χ1) is 8.86. The maximum absolute atomic E-state index is 11.1. The highest BCUT2D eigenvalue weighted by molar-refractivity contribution is 7.89. The van der Waals surface area contributed by atoms with E-state index in [9.17, 15) is 18.5 Å². The van der Waals surface area contributed by atoms with E-state index in [1.807, 2.05) is 6.92 Å². The molecule has 0 saturated heterocycles. The molecule has 0 aliphatic heterocycles. The van der Waals surface area contributed by atoms with Gasteiger partial charge in [-0.2, -0.15) is 0 Å². The van der Waals surface area contributed by atoms with E-state index in [2.05, 4.69) is 10.6 Å². The minimum absolute atomic E-state index is 0.260. The number of benzene rings is 1. The fourth-order valence-electron chi connectivity index (χ4n) is 1.45. The Labute approximate surface area is 111 Å². The van der Waals surface area contributed by atoms with E-state index < -0.39 is 14.9 Å². The predicted octanol–water partition coefficient (Wildman–Crippen LogP) is 0.264. The molecule has 0 amide bonds. The minimum Gasteiger partial charge on any atom is -0.378 e. The van der Waals surface area contributed by atoms with Crippen LogP contribution in [0.5, 0.6) is 0 Å². The van der Waals surface area contributed by atoms with Crippen LogP contribution < -0.4 is 15.8 Å². The number of rotatable bonds is 7. The average molecular weight is 288 g/mol. The lowest BCUT2D eigenvalue weighted by atomic mass is 10.2. The number of hydrogen-bond acceptors (Lipinski definition) is 6. The number of nitro groups is 1. The van der Waals surface area contributed by atoms with Gasteiger partial charge in [0.2, 0.25) is 10.0 Å². The molecule has 0 heterocycles. The number of sulfonamides is 1. The van der Waals surface area contributed by atoms with Gasteiger partial charge in [-0.05, 0) is 18.7 Å². The van der Waals surface area contributed by atoms with E-state index in [1.54, 1.807) is 0 Å².